The van der Waals surface area contributed by atoms with Gasteiger partial charge in [0.05, 0.1) is 0 Å². The maximum absolute atomic E-state index is 4.67. The van der Waals surface area contributed by atoms with E-state index in [0.29, 0.717) is 5.92 Å². The van der Waals surface area contributed by atoms with Crippen LogP contribution in [-0.2, 0) is 0 Å². The number of rotatable bonds is 7. The highest BCUT2D eigenvalue weighted by molar-refractivity contribution is 14.0. The summed E-state index contributed by atoms with van der Waals surface area (Å²) in [5.74, 6) is 2.14. The highest BCUT2D eigenvalue weighted by atomic mass is 127. The molecule has 1 heterocycles. The molecule has 3 nitrogen and oxygen atoms in total. The molecule has 0 aliphatic rings. The van der Waals surface area contributed by atoms with Gasteiger partial charge in [-0.1, -0.05) is 20.8 Å². The Balaban J connectivity index is 0.00000361. The molecule has 1 unspecified atom stereocenters. The highest BCUT2D eigenvalue weighted by Crippen LogP contribution is 2.18. The zero-order chi connectivity index (χ0) is 14.1. The van der Waals surface area contributed by atoms with Crippen molar-refractivity contribution in [3.05, 3.63) is 22.4 Å². The van der Waals surface area contributed by atoms with Crippen LogP contribution in [0.3, 0.4) is 0 Å². The Bertz CT molecular complexity index is 363. The highest BCUT2D eigenvalue weighted by Gasteiger charge is 2.05. The Labute approximate surface area is 144 Å². The molecule has 0 aliphatic carbocycles. The average molecular weight is 409 g/mol. The van der Waals surface area contributed by atoms with E-state index in [1.165, 1.54) is 12.0 Å². The van der Waals surface area contributed by atoms with E-state index in [9.17, 15) is 0 Å². The second-order valence-electron chi connectivity index (χ2n) is 5.29. The molecule has 0 spiro atoms. The molecular formula is C15H28IN3S. The summed E-state index contributed by atoms with van der Waals surface area (Å²) < 4.78 is 0. The minimum atomic E-state index is 0. The lowest BCUT2D eigenvalue weighted by Crippen LogP contribution is -2.38. The molecule has 0 bridgehead atoms. The molecule has 1 aromatic rings. The fraction of sp³-hybridized carbons (Fsp3) is 0.667. The largest absolute Gasteiger partial charge is 0.357 e. The zero-order valence-electron chi connectivity index (χ0n) is 13.0. The van der Waals surface area contributed by atoms with Crippen molar-refractivity contribution < 1.29 is 0 Å². The van der Waals surface area contributed by atoms with Crippen molar-refractivity contribution in [1.29, 1.82) is 0 Å². The third-order valence-corrected chi connectivity index (χ3v) is 3.70. The van der Waals surface area contributed by atoms with Crippen molar-refractivity contribution in [2.24, 2.45) is 10.9 Å². The number of halogens is 1. The summed E-state index contributed by atoms with van der Waals surface area (Å²) in [6.45, 7) is 11.5. The average Bonchev–Trinajstić information content (AvgIpc) is 2.89. The summed E-state index contributed by atoms with van der Waals surface area (Å²) in [6, 6.07) is 2.18. The number of aliphatic imine (C=N–C) groups is 1. The van der Waals surface area contributed by atoms with E-state index in [1.807, 2.05) is 0 Å². The molecular weight excluding hydrogens is 381 g/mol. The first kappa shape index (κ1) is 19.7. The molecule has 1 aromatic heterocycles. The molecule has 0 saturated heterocycles. The molecule has 20 heavy (non-hydrogen) atoms. The molecule has 0 radical (unpaired) electrons. The van der Waals surface area contributed by atoms with Gasteiger partial charge in [-0.05, 0) is 41.7 Å². The van der Waals surface area contributed by atoms with Gasteiger partial charge in [-0.25, -0.2) is 0 Å². The van der Waals surface area contributed by atoms with Crippen LogP contribution in [0.4, 0.5) is 0 Å². The number of thiophene rings is 1. The van der Waals surface area contributed by atoms with Crippen LogP contribution < -0.4 is 10.6 Å². The van der Waals surface area contributed by atoms with E-state index >= 15 is 0 Å². The van der Waals surface area contributed by atoms with Gasteiger partial charge in [0, 0.05) is 25.6 Å². The van der Waals surface area contributed by atoms with Gasteiger partial charge >= 0.3 is 0 Å². The third-order valence-electron chi connectivity index (χ3n) is 2.99. The Hall–Kier alpha value is -0.300. The molecule has 1 rings (SSSR count). The topological polar surface area (TPSA) is 36.4 Å². The van der Waals surface area contributed by atoms with Gasteiger partial charge in [-0.15, -0.1) is 24.0 Å². The number of hydrogen-bond acceptors (Lipinski definition) is 2. The van der Waals surface area contributed by atoms with Crippen LogP contribution in [0.25, 0.3) is 0 Å². The van der Waals surface area contributed by atoms with E-state index in [4.69, 9.17) is 0 Å². The van der Waals surface area contributed by atoms with Crippen LogP contribution in [0.1, 0.15) is 45.6 Å². The van der Waals surface area contributed by atoms with Crippen molar-refractivity contribution in [2.75, 3.05) is 19.6 Å². The first-order chi connectivity index (χ1) is 9.13. The van der Waals surface area contributed by atoms with Crippen molar-refractivity contribution in [1.82, 2.24) is 10.6 Å². The van der Waals surface area contributed by atoms with E-state index in [0.717, 1.165) is 31.5 Å². The number of nitrogens with one attached hydrogen (secondary N) is 2. The Morgan fingerprint density at radius 2 is 2.05 bits per heavy atom. The van der Waals surface area contributed by atoms with Gasteiger partial charge in [0.15, 0.2) is 5.96 Å². The standard InChI is InChI=1S/C15H27N3S.HI/c1-5-16-15(17-8-6-12(2)3)18-10-13(4)14-7-9-19-11-14;/h7,9,11-13H,5-6,8,10H2,1-4H3,(H2,16,17,18);1H. The zero-order valence-corrected chi connectivity index (χ0v) is 16.1. The lowest BCUT2D eigenvalue weighted by atomic mass is 10.1. The van der Waals surface area contributed by atoms with E-state index in [-0.39, 0.29) is 24.0 Å². The summed E-state index contributed by atoms with van der Waals surface area (Å²) in [5, 5.41) is 11.0. The Morgan fingerprint density at radius 3 is 2.60 bits per heavy atom. The van der Waals surface area contributed by atoms with Gasteiger partial charge < -0.3 is 10.6 Å². The molecule has 2 N–H and O–H groups in total. The minimum absolute atomic E-state index is 0. The first-order valence-electron chi connectivity index (χ1n) is 7.17. The van der Waals surface area contributed by atoms with Crippen LogP contribution in [0.15, 0.2) is 21.8 Å². The first-order valence-corrected chi connectivity index (χ1v) is 8.12. The lowest BCUT2D eigenvalue weighted by Gasteiger charge is -2.13. The molecule has 5 heteroatoms. The predicted octanol–water partition coefficient (Wildman–Crippen LogP) is 4.07. The smallest absolute Gasteiger partial charge is 0.191 e. The van der Waals surface area contributed by atoms with Gasteiger partial charge in [-0.3, -0.25) is 4.99 Å². The van der Waals surface area contributed by atoms with E-state index in [1.54, 1.807) is 11.3 Å². The van der Waals surface area contributed by atoms with Crippen LogP contribution in [0, 0.1) is 5.92 Å². The van der Waals surface area contributed by atoms with Crippen molar-refractivity contribution in [2.45, 2.75) is 40.0 Å². The predicted molar refractivity (Wildman–Crippen MR) is 102 cm³/mol. The van der Waals surface area contributed by atoms with Crippen LogP contribution in [0.2, 0.25) is 0 Å². The molecule has 0 fully saturated rings. The molecule has 1 atom stereocenters. The monoisotopic (exact) mass is 409 g/mol. The molecule has 0 aromatic carbocycles. The SMILES string of the molecule is CCNC(=NCC(C)c1ccsc1)NCCC(C)C.I. The molecule has 116 valence electrons. The normalized spacial score (nSPS) is 12.9. The van der Waals surface area contributed by atoms with Crippen LogP contribution in [0.5, 0.6) is 0 Å². The minimum Gasteiger partial charge on any atom is -0.357 e. The maximum atomic E-state index is 4.67. The fourth-order valence-electron chi connectivity index (χ4n) is 1.71. The van der Waals surface area contributed by atoms with E-state index in [2.05, 4.69) is 60.1 Å². The van der Waals surface area contributed by atoms with Crippen molar-refractivity contribution >= 4 is 41.3 Å². The Kier molecular flexibility index (Phi) is 11.2. The summed E-state index contributed by atoms with van der Waals surface area (Å²) >= 11 is 1.75. The molecule has 0 aliphatic heterocycles. The third kappa shape index (κ3) is 8.09. The second-order valence-corrected chi connectivity index (χ2v) is 6.07. The second kappa shape index (κ2) is 11.4. The van der Waals surface area contributed by atoms with Gasteiger partial charge in [-0.2, -0.15) is 11.3 Å². The van der Waals surface area contributed by atoms with Gasteiger partial charge in [0.2, 0.25) is 0 Å². The van der Waals surface area contributed by atoms with Crippen LogP contribution in [-0.4, -0.2) is 25.6 Å². The molecule has 0 saturated carbocycles. The maximum Gasteiger partial charge on any atom is 0.191 e. The number of nitrogens with zero attached hydrogens (tertiary/aromatic N) is 1. The Morgan fingerprint density at radius 1 is 1.30 bits per heavy atom. The summed E-state index contributed by atoms with van der Waals surface area (Å²) in [7, 11) is 0. The molecule has 0 amide bonds. The summed E-state index contributed by atoms with van der Waals surface area (Å²) in [5.41, 5.74) is 1.38. The summed E-state index contributed by atoms with van der Waals surface area (Å²) in [4.78, 5) is 4.67. The van der Waals surface area contributed by atoms with Gasteiger partial charge in [0.1, 0.15) is 0 Å². The van der Waals surface area contributed by atoms with Crippen LogP contribution >= 0.6 is 35.3 Å². The number of guanidine groups is 1. The lowest BCUT2D eigenvalue weighted by molar-refractivity contribution is 0.573. The summed E-state index contributed by atoms with van der Waals surface area (Å²) in [6.07, 6.45) is 1.17. The van der Waals surface area contributed by atoms with Crippen molar-refractivity contribution in [3.63, 3.8) is 0 Å². The van der Waals surface area contributed by atoms with Crippen molar-refractivity contribution in [3.8, 4) is 0 Å². The van der Waals surface area contributed by atoms with Gasteiger partial charge in [0.25, 0.3) is 0 Å². The number of hydrogen-bond donors (Lipinski definition) is 2. The quantitative estimate of drug-likeness (QED) is 0.405. The van der Waals surface area contributed by atoms with E-state index < -0.39 is 0 Å². The fourth-order valence-corrected chi connectivity index (χ4v) is 2.49.